The van der Waals surface area contributed by atoms with Gasteiger partial charge in [-0.05, 0) is 41.8 Å². The summed E-state index contributed by atoms with van der Waals surface area (Å²) in [6.07, 6.45) is 3.93. The molecule has 3 N–H and O–H groups in total. The first-order valence-corrected chi connectivity index (χ1v) is 6.16. The van der Waals surface area contributed by atoms with Gasteiger partial charge in [-0.15, -0.1) is 0 Å². The number of pyridine rings is 1. The fourth-order valence-corrected chi connectivity index (χ4v) is 1.82. The molecule has 0 unspecified atom stereocenters. The monoisotopic (exact) mass is 255 g/mol. The molecule has 0 bridgehead atoms. The van der Waals surface area contributed by atoms with E-state index in [1.807, 2.05) is 36.5 Å². The van der Waals surface area contributed by atoms with Gasteiger partial charge < -0.3 is 11.1 Å². The van der Waals surface area contributed by atoms with Gasteiger partial charge in [-0.1, -0.05) is 12.1 Å². The standard InChI is InChI=1S/C15H17N3O/c1-11-6-7-17-9-13(11)10-18-14-4-2-12(3-5-14)8-15(16)19/h2-7,9,18H,8,10H2,1H3,(H2,16,19). The summed E-state index contributed by atoms with van der Waals surface area (Å²) in [4.78, 5) is 14.9. The van der Waals surface area contributed by atoms with Crippen LogP contribution in [0.3, 0.4) is 0 Å². The van der Waals surface area contributed by atoms with Crippen LogP contribution in [0.2, 0.25) is 0 Å². The van der Waals surface area contributed by atoms with Gasteiger partial charge in [0.1, 0.15) is 0 Å². The molecular weight excluding hydrogens is 238 g/mol. The average Bonchev–Trinajstić information content (AvgIpc) is 2.39. The Labute approximate surface area is 112 Å². The second kappa shape index (κ2) is 6.00. The molecule has 0 spiro atoms. The topological polar surface area (TPSA) is 68.0 Å². The summed E-state index contributed by atoms with van der Waals surface area (Å²) >= 11 is 0. The molecule has 1 heterocycles. The molecule has 0 radical (unpaired) electrons. The highest BCUT2D eigenvalue weighted by Crippen LogP contribution is 2.12. The molecule has 4 heteroatoms. The van der Waals surface area contributed by atoms with Crippen LogP contribution in [-0.4, -0.2) is 10.9 Å². The minimum Gasteiger partial charge on any atom is -0.381 e. The normalized spacial score (nSPS) is 10.2. The Hall–Kier alpha value is -2.36. The molecule has 0 saturated heterocycles. The van der Waals surface area contributed by atoms with Gasteiger partial charge in [-0.25, -0.2) is 0 Å². The van der Waals surface area contributed by atoms with Gasteiger partial charge in [0.25, 0.3) is 0 Å². The molecule has 1 aromatic carbocycles. The first-order valence-electron chi connectivity index (χ1n) is 6.16. The zero-order valence-electron chi connectivity index (χ0n) is 10.9. The minimum atomic E-state index is -0.313. The van der Waals surface area contributed by atoms with E-state index in [1.165, 1.54) is 11.1 Å². The van der Waals surface area contributed by atoms with E-state index < -0.39 is 0 Å². The number of nitrogens with zero attached hydrogens (tertiary/aromatic N) is 1. The van der Waals surface area contributed by atoms with E-state index in [4.69, 9.17) is 5.73 Å². The summed E-state index contributed by atoms with van der Waals surface area (Å²) in [6.45, 7) is 2.80. The van der Waals surface area contributed by atoms with Crippen molar-refractivity contribution in [1.29, 1.82) is 0 Å². The van der Waals surface area contributed by atoms with Crippen LogP contribution in [0.5, 0.6) is 0 Å². The predicted molar refractivity (Wildman–Crippen MR) is 75.6 cm³/mol. The van der Waals surface area contributed by atoms with Crippen molar-refractivity contribution in [2.45, 2.75) is 19.9 Å². The van der Waals surface area contributed by atoms with E-state index in [0.717, 1.165) is 17.8 Å². The Kier molecular flexibility index (Phi) is 4.13. The van der Waals surface area contributed by atoms with Crippen molar-refractivity contribution in [1.82, 2.24) is 4.98 Å². The van der Waals surface area contributed by atoms with Crippen LogP contribution in [0.25, 0.3) is 0 Å². The number of aromatic nitrogens is 1. The number of benzene rings is 1. The van der Waals surface area contributed by atoms with Crippen molar-refractivity contribution < 1.29 is 4.79 Å². The van der Waals surface area contributed by atoms with Crippen LogP contribution < -0.4 is 11.1 Å². The van der Waals surface area contributed by atoms with Gasteiger partial charge in [-0.3, -0.25) is 9.78 Å². The predicted octanol–water partition coefficient (Wildman–Crippen LogP) is 2.03. The number of amides is 1. The Morgan fingerprint density at radius 2 is 2.00 bits per heavy atom. The van der Waals surface area contributed by atoms with Gasteiger partial charge in [0.05, 0.1) is 6.42 Å². The Bertz CT molecular complexity index is 564. The van der Waals surface area contributed by atoms with E-state index in [-0.39, 0.29) is 12.3 Å². The molecule has 1 amide bonds. The van der Waals surface area contributed by atoms with Crippen LogP contribution in [0.4, 0.5) is 5.69 Å². The lowest BCUT2D eigenvalue weighted by Gasteiger charge is -2.09. The number of anilines is 1. The van der Waals surface area contributed by atoms with Crippen LogP contribution in [-0.2, 0) is 17.8 Å². The van der Waals surface area contributed by atoms with Gasteiger partial charge in [0, 0.05) is 24.6 Å². The molecule has 0 atom stereocenters. The molecule has 19 heavy (non-hydrogen) atoms. The molecule has 0 saturated carbocycles. The van der Waals surface area contributed by atoms with Crippen molar-refractivity contribution in [2.75, 3.05) is 5.32 Å². The number of primary amides is 1. The summed E-state index contributed by atoms with van der Waals surface area (Å²) in [5.41, 5.74) is 9.48. The van der Waals surface area contributed by atoms with Crippen molar-refractivity contribution >= 4 is 11.6 Å². The largest absolute Gasteiger partial charge is 0.381 e. The third-order valence-corrected chi connectivity index (χ3v) is 2.96. The van der Waals surface area contributed by atoms with E-state index in [9.17, 15) is 4.79 Å². The molecule has 1 aromatic heterocycles. The maximum atomic E-state index is 10.8. The fraction of sp³-hybridized carbons (Fsp3) is 0.200. The molecule has 2 aromatic rings. The van der Waals surface area contributed by atoms with Gasteiger partial charge >= 0.3 is 0 Å². The van der Waals surface area contributed by atoms with Gasteiger partial charge in [0.2, 0.25) is 5.91 Å². The smallest absolute Gasteiger partial charge is 0.221 e. The minimum absolute atomic E-state index is 0.280. The van der Waals surface area contributed by atoms with Crippen LogP contribution in [0, 0.1) is 6.92 Å². The number of aryl methyl sites for hydroxylation is 1. The number of carbonyl (C=O) groups is 1. The molecular formula is C15H17N3O. The summed E-state index contributed by atoms with van der Waals surface area (Å²) in [5.74, 6) is -0.313. The zero-order valence-corrected chi connectivity index (χ0v) is 10.9. The SMILES string of the molecule is Cc1ccncc1CNc1ccc(CC(N)=O)cc1. The molecule has 0 fully saturated rings. The van der Waals surface area contributed by atoms with Crippen molar-refractivity contribution in [3.63, 3.8) is 0 Å². The second-order valence-corrected chi connectivity index (χ2v) is 4.50. The maximum absolute atomic E-state index is 10.8. The van der Waals surface area contributed by atoms with Gasteiger partial charge in [-0.2, -0.15) is 0 Å². The summed E-state index contributed by atoms with van der Waals surface area (Å²) in [7, 11) is 0. The molecule has 0 aliphatic rings. The summed E-state index contributed by atoms with van der Waals surface area (Å²) in [5, 5.41) is 3.33. The van der Waals surface area contributed by atoms with E-state index in [1.54, 1.807) is 6.20 Å². The second-order valence-electron chi connectivity index (χ2n) is 4.50. The number of rotatable bonds is 5. The quantitative estimate of drug-likeness (QED) is 0.859. The lowest BCUT2D eigenvalue weighted by atomic mass is 10.1. The number of hydrogen-bond acceptors (Lipinski definition) is 3. The Balaban J connectivity index is 1.97. The fourth-order valence-electron chi connectivity index (χ4n) is 1.82. The third-order valence-electron chi connectivity index (χ3n) is 2.96. The zero-order chi connectivity index (χ0) is 13.7. The molecule has 4 nitrogen and oxygen atoms in total. The Morgan fingerprint density at radius 1 is 1.26 bits per heavy atom. The Morgan fingerprint density at radius 3 is 2.63 bits per heavy atom. The van der Waals surface area contributed by atoms with E-state index >= 15 is 0 Å². The molecule has 0 aliphatic carbocycles. The number of nitrogens with two attached hydrogens (primary N) is 1. The highest BCUT2D eigenvalue weighted by atomic mass is 16.1. The average molecular weight is 255 g/mol. The number of carbonyl (C=O) groups excluding carboxylic acids is 1. The van der Waals surface area contributed by atoms with Crippen LogP contribution in [0.1, 0.15) is 16.7 Å². The molecule has 0 aliphatic heterocycles. The first kappa shape index (κ1) is 13.1. The van der Waals surface area contributed by atoms with Crippen LogP contribution >= 0.6 is 0 Å². The lowest BCUT2D eigenvalue weighted by molar-refractivity contribution is -0.117. The van der Waals surface area contributed by atoms with Crippen molar-refractivity contribution in [3.8, 4) is 0 Å². The highest BCUT2D eigenvalue weighted by Gasteiger charge is 2.00. The van der Waals surface area contributed by atoms with E-state index in [0.29, 0.717) is 0 Å². The number of hydrogen-bond donors (Lipinski definition) is 2. The lowest BCUT2D eigenvalue weighted by Crippen LogP contribution is -2.13. The molecule has 2 rings (SSSR count). The summed E-state index contributed by atoms with van der Waals surface area (Å²) < 4.78 is 0. The maximum Gasteiger partial charge on any atom is 0.221 e. The molecule has 98 valence electrons. The first-order chi connectivity index (χ1) is 9.15. The van der Waals surface area contributed by atoms with Crippen molar-refractivity contribution in [2.24, 2.45) is 5.73 Å². The van der Waals surface area contributed by atoms with Crippen LogP contribution in [0.15, 0.2) is 42.7 Å². The third kappa shape index (κ3) is 3.81. The van der Waals surface area contributed by atoms with Crippen molar-refractivity contribution in [3.05, 3.63) is 59.4 Å². The van der Waals surface area contributed by atoms with E-state index in [2.05, 4.69) is 17.2 Å². The highest BCUT2D eigenvalue weighted by molar-refractivity contribution is 5.76. The van der Waals surface area contributed by atoms with Gasteiger partial charge in [0.15, 0.2) is 0 Å². The summed E-state index contributed by atoms with van der Waals surface area (Å²) in [6, 6.07) is 9.70. The number of nitrogens with one attached hydrogen (secondary N) is 1.